The lowest BCUT2D eigenvalue weighted by Gasteiger charge is -2.13. The summed E-state index contributed by atoms with van der Waals surface area (Å²) < 4.78 is 15.0. The maximum Gasteiger partial charge on any atom is 0.267 e. The largest absolute Gasteiger partial charge is 0.387 e. The standard InChI is InChI=1S/C14H14ClFN2O2/c1-18-6-2-3-12(18)14(20)17-8-13(19)9-4-5-10(15)11(16)7-9/h2-7,13,19H,8H2,1H3,(H,17,20). The summed E-state index contributed by atoms with van der Waals surface area (Å²) >= 11 is 5.57. The number of nitrogens with one attached hydrogen (secondary N) is 1. The molecule has 0 saturated carbocycles. The molecule has 4 nitrogen and oxygen atoms in total. The Morgan fingerprint density at radius 3 is 2.85 bits per heavy atom. The first-order valence-electron chi connectivity index (χ1n) is 6.01. The smallest absolute Gasteiger partial charge is 0.267 e. The van der Waals surface area contributed by atoms with Crippen molar-refractivity contribution < 1.29 is 14.3 Å². The van der Waals surface area contributed by atoms with Gasteiger partial charge in [0.2, 0.25) is 0 Å². The number of carbonyl (C=O) groups is 1. The highest BCUT2D eigenvalue weighted by atomic mass is 35.5. The van der Waals surface area contributed by atoms with Crippen LogP contribution in [0.5, 0.6) is 0 Å². The lowest BCUT2D eigenvalue weighted by Crippen LogP contribution is -2.29. The number of benzene rings is 1. The Labute approximate surface area is 120 Å². The predicted molar refractivity (Wildman–Crippen MR) is 74.1 cm³/mol. The van der Waals surface area contributed by atoms with Gasteiger partial charge in [0.05, 0.1) is 11.1 Å². The van der Waals surface area contributed by atoms with Gasteiger partial charge in [0.25, 0.3) is 5.91 Å². The van der Waals surface area contributed by atoms with E-state index in [0.29, 0.717) is 11.3 Å². The van der Waals surface area contributed by atoms with E-state index in [4.69, 9.17) is 11.6 Å². The van der Waals surface area contributed by atoms with Gasteiger partial charge in [0.15, 0.2) is 0 Å². The van der Waals surface area contributed by atoms with Gasteiger partial charge in [-0.3, -0.25) is 4.79 Å². The molecule has 6 heteroatoms. The van der Waals surface area contributed by atoms with Crippen molar-refractivity contribution in [3.63, 3.8) is 0 Å². The molecular weight excluding hydrogens is 283 g/mol. The molecule has 0 aliphatic heterocycles. The number of aromatic nitrogens is 1. The quantitative estimate of drug-likeness (QED) is 0.909. The summed E-state index contributed by atoms with van der Waals surface area (Å²) in [7, 11) is 1.75. The van der Waals surface area contributed by atoms with E-state index in [1.165, 1.54) is 12.1 Å². The average molecular weight is 297 g/mol. The minimum absolute atomic E-state index is 0.00574. The van der Waals surface area contributed by atoms with Crippen LogP contribution >= 0.6 is 11.6 Å². The number of aryl methyl sites for hydroxylation is 1. The Hall–Kier alpha value is -1.85. The van der Waals surface area contributed by atoms with Crippen LogP contribution in [0.3, 0.4) is 0 Å². The van der Waals surface area contributed by atoms with Crippen molar-refractivity contribution in [3.05, 3.63) is 58.6 Å². The van der Waals surface area contributed by atoms with Gasteiger partial charge in [-0.2, -0.15) is 0 Å². The topological polar surface area (TPSA) is 54.3 Å². The molecule has 1 atom stereocenters. The number of carbonyl (C=O) groups excluding carboxylic acids is 1. The van der Waals surface area contributed by atoms with Gasteiger partial charge >= 0.3 is 0 Å². The molecule has 2 aromatic rings. The number of aliphatic hydroxyl groups excluding tert-OH is 1. The van der Waals surface area contributed by atoms with E-state index < -0.39 is 11.9 Å². The number of nitrogens with zero attached hydrogens (tertiary/aromatic N) is 1. The fraction of sp³-hybridized carbons (Fsp3) is 0.214. The SMILES string of the molecule is Cn1cccc1C(=O)NCC(O)c1ccc(Cl)c(F)c1. The third kappa shape index (κ3) is 3.18. The van der Waals surface area contributed by atoms with E-state index in [0.717, 1.165) is 6.07 Å². The molecule has 0 spiro atoms. The van der Waals surface area contributed by atoms with Crippen molar-refractivity contribution in [2.24, 2.45) is 7.05 Å². The number of aliphatic hydroxyl groups is 1. The molecule has 1 aromatic heterocycles. The molecule has 1 amide bonds. The molecule has 0 radical (unpaired) electrons. The first kappa shape index (κ1) is 14.6. The summed E-state index contributed by atoms with van der Waals surface area (Å²) in [5.74, 6) is -0.900. The van der Waals surface area contributed by atoms with Crippen LogP contribution in [-0.2, 0) is 7.05 Å². The summed E-state index contributed by atoms with van der Waals surface area (Å²) in [6.45, 7) is -0.00884. The molecule has 1 aromatic carbocycles. The molecule has 2 rings (SSSR count). The highest BCUT2D eigenvalue weighted by molar-refractivity contribution is 6.30. The van der Waals surface area contributed by atoms with Gasteiger partial charge in [-0.15, -0.1) is 0 Å². The zero-order valence-electron chi connectivity index (χ0n) is 10.8. The van der Waals surface area contributed by atoms with Gasteiger partial charge in [-0.1, -0.05) is 17.7 Å². The molecule has 0 aliphatic carbocycles. The van der Waals surface area contributed by atoms with E-state index >= 15 is 0 Å². The monoisotopic (exact) mass is 296 g/mol. The fourth-order valence-corrected chi connectivity index (χ4v) is 1.93. The molecular formula is C14H14ClFN2O2. The molecule has 106 valence electrons. The Morgan fingerprint density at radius 1 is 1.50 bits per heavy atom. The highest BCUT2D eigenvalue weighted by Crippen LogP contribution is 2.19. The zero-order valence-corrected chi connectivity index (χ0v) is 11.6. The number of hydrogen-bond donors (Lipinski definition) is 2. The zero-order chi connectivity index (χ0) is 14.7. The van der Waals surface area contributed by atoms with E-state index in [2.05, 4.69) is 5.32 Å². The molecule has 20 heavy (non-hydrogen) atoms. The van der Waals surface area contributed by atoms with Crippen molar-refractivity contribution in [1.29, 1.82) is 0 Å². The summed E-state index contributed by atoms with van der Waals surface area (Å²) in [5.41, 5.74) is 0.846. The van der Waals surface area contributed by atoms with Crippen LogP contribution in [-0.4, -0.2) is 22.1 Å². The Bertz CT molecular complexity index is 627. The Balaban J connectivity index is 1.98. The average Bonchev–Trinajstić information content (AvgIpc) is 2.85. The van der Waals surface area contributed by atoms with E-state index in [1.807, 2.05) is 0 Å². The van der Waals surface area contributed by atoms with Crippen LogP contribution in [0.15, 0.2) is 36.5 Å². The number of halogens is 2. The van der Waals surface area contributed by atoms with Gasteiger partial charge < -0.3 is 15.0 Å². The van der Waals surface area contributed by atoms with Crippen LogP contribution in [0, 0.1) is 5.82 Å². The first-order valence-corrected chi connectivity index (χ1v) is 6.39. The summed E-state index contributed by atoms with van der Waals surface area (Å²) in [6, 6.07) is 7.46. The Morgan fingerprint density at radius 2 is 2.25 bits per heavy atom. The number of rotatable bonds is 4. The highest BCUT2D eigenvalue weighted by Gasteiger charge is 2.13. The number of amides is 1. The minimum atomic E-state index is -0.994. The summed E-state index contributed by atoms with van der Waals surface area (Å²) in [4.78, 5) is 11.8. The van der Waals surface area contributed by atoms with Crippen LogP contribution in [0.25, 0.3) is 0 Å². The summed E-state index contributed by atoms with van der Waals surface area (Å²) in [5, 5.41) is 12.5. The van der Waals surface area contributed by atoms with E-state index in [-0.39, 0.29) is 17.5 Å². The second kappa shape index (κ2) is 6.07. The van der Waals surface area contributed by atoms with Crippen LogP contribution in [0.4, 0.5) is 4.39 Å². The molecule has 0 fully saturated rings. The minimum Gasteiger partial charge on any atom is -0.387 e. The van der Waals surface area contributed by atoms with Gasteiger partial charge in [0, 0.05) is 19.8 Å². The van der Waals surface area contributed by atoms with Crippen molar-refractivity contribution in [2.45, 2.75) is 6.10 Å². The normalized spacial score (nSPS) is 12.2. The first-order chi connectivity index (χ1) is 9.49. The van der Waals surface area contributed by atoms with Crippen molar-refractivity contribution in [3.8, 4) is 0 Å². The number of hydrogen-bond acceptors (Lipinski definition) is 2. The van der Waals surface area contributed by atoms with Crippen molar-refractivity contribution in [2.75, 3.05) is 6.54 Å². The molecule has 0 saturated heterocycles. The molecule has 0 aliphatic rings. The lowest BCUT2D eigenvalue weighted by molar-refractivity contribution is 0.0908. The van der Waals surface area contributed by atoms with E-state index in [1.54, 1.807) is 29.9 Å². The maximum absolute atomic E-state index is 13.3. The second-order valence-corrected chi connectivity index (χ2v) is 4.81. The van der Waals surface area contributed by atoms with Gasteiger partial charge in [-0.25, -0.2) is 4.39 Å². The van der Waals surface area contributed by atoms with Crippen molar-refractivity contribution >= 4 is 17.5 Å². The molecule has 1 heterocycles. The summed E-state index contributed by atoms with van der Waals surface area (Å²) in [6.07, 6.45) is 0.755. The van der Waals surface area contributed by atoms with Gasteiger partial charge in [0.1, 0.15) is 11.5 Å². The molecule has 2 N–H and O–H groups in total. The molecule has 0 bridgehead atoms. The van der Waals surface area contributed by atoms with Crippen LogP contribution < -0.4 is 5.32 Å². The van der Waals surface area contributed by atoms with Crippen LogP contribution in [0.1, 0.15) is 22.2 Å². The Kier molecular flexibility index (Phi) is 4.42. The molecule has 1 unspecified atom stereocenters. The lowest BCUT2D eigenvalue weighted by atomic mass is 10.1. The third-order valence-electron chi connectivity index (χ3n) is 2.96. The van der Waals surface area contributed by atoms with Crippen molar-refractivity contribution in [1.82, 2.24) is 9.88 Å². The second-order valence-electron chi connectivity index (χ2n) is 4.40. The third-order valence-corrected chi connectivity index (χ3v) is 3.27. The predicted octanol–water partition coefficient (Wildman–Crippen LogP) is 2.28. The maximum atomic E-state index is 13.3. The fourth-order valence-electron chi connectivity index (χ4n) is 1.81. The van der Waals surface area contributed by atoms with Crippen LogP contribution in [0.2, 0.25) is 5.02 Å². The van der Waals surface area contributed by atoms with Gasteiger partial charge in [-0.05, 0) is 29.8 Å². The van der Waals surface area contributed by atoms with E-state index in [9.17, 15) is 14.3 Å².